The molecule has 2 rings (SSSR count). The second-order valence-electron chi connectivity index (χ2n) is 4.10. The fourth-order valence-electron chi connectivity index (χ4n) is 2.20. The van der Waals surface area contributed by atoms with Crippen molar-refractivity contribution in [2.24, 2.45) is 5.92 Å². The molecule has 1 aromatic rings. The summed E-state index contributed by atoms with van der Waals surface area (Å²) in [7, 11) is 1.57. The fourth-order valence-corrected chi connectivity index (χ4v) is 2.20. The highest BCUT2D eigenvalue weighted by atomic mass is 16.5. The molecule has 0 radical (unpaired) electrons. The Bertz CT molecular complexity index is 421. The van der Waals surface area contributed by atoms with E-state index in [9.17, 15) is 4.79 Å². The van der Waals surface area contributed by atoms with Gasteiger partial charge in [-0.25, -0.2) is 4.98 Å². The van der Waals surface area contributed by atoms with Crippen molar-refractivity contribution in [2.75, 3.05) is 26.9 Å². The average Bonchev–Trinajstić information content (AvgIpc) is 2.88. The average molecular weight is 251 g/mol. The Morgan fingerprint density at radius 3 is 3.11 bits per heavy atom. The minimum absolute atomic E-state index is 0.0484. The highest BCUT2D eigenvalue weighted by Gasteiger charge is 2.37. The van der Waals surface area contributed by atoms with Gasteiger partial charge in [0.2, 0.25) is 5.88 Å². The zero-order valence-corrected chi connectivity index (χ0v) is 10.6. The van der Waals surface area contributed by atoms with Crippen LogP contribution in [0.15, 0.2) is 18.3 Å². The highest BCUT2D eigenvalue weighted by molar-refractivity contribution is 5.74. The van der Waals surface area contributed by atoms with E-state index in [2.05, 4.69) is 4.98 Å². The molecule has 0 bridgehead atoms. The molecular formula is C13H17NO4. The van der Waals surface area contributed by atoms with E-state index in [1.165, 1.54) is 0 Å². The molecule has 2 heterocycles. The lowest BCUT2D eigenvalue weighted by Crippen LogP contribution is -2.24. The Morgan fingerprint density at radius 1 is 1.56 bits per heavy atom. The van der Waals surface area contributed by atoms with Gasteiger partial charge in [-0.3, -0.25) is 4.79 Å². The summed E-state index contributed by atoms with van der Waals surface area (Å²) in [6, 6.07) is 3.75. The summed E-state index contributed by atoms with van der Waals surface area (Å²) in [5.41, 5.74) is 0.899. The summed E-state index contributed by atoms with van der Waals surface area (Å²) in [5, 5.41) is 0. The zero-order valence-electron chi connectivity index (χ0n) is 10.6. The normalized spacial score (nSPS) is 22.8. The number of hydrogen-bond donors (Lipinski definition) is 0. The predicted molar refractivity (Wildman–Crippen MR) is 64.5 cm³/mol. The van der Waals surface area contributed by atoms with Crippen molar-refractivity contribution in [3.05, 3.63) is 23.9 Å². The molecule has 0 saturated carbocycles. The van der Waals surface area contributed by atoms with Gasteiger partial charge in [-0.1, -0.05) is 6.07 Å². The second-order valence-corrected chi connectivity index (χ2v) is 4.10. The van der Waals surface area contributed by atoms with E-state index < -0.39 is 0 Å². The van der Waals surface area contributed by atoms with Gasteiger partial charge in [0, 0.05) is 17.7 Å². The van der Waals surface area contributed by atoms with Gasteiger partial charge in [0.1, 0.15) is 0 Å². The number of methoxy groups -OCH3 is 1. The SMILES string of the molecule is CCOC(=O)[C@H]1COC[C@@H]1c1cccnc1OC. The van der Waals surface area contributed by atoms with Crippen molar-refractivity contribution >= 4 is 5.97 Å². The van der Waals surface area contributed by atoms with Crippen LogP contribution in [0, 0.1) is 5.92 Å². The van der Waals surface area contributed by atoms with Crippen LogP contribution in [0.5, 0.6) is 5.88 Å². The number of ether oxygens (including phenoxy) is 3. The van der Waals surface area contributed by atoms with Gasteiger partial charge in [-0.15, -0.1) is 0 Å². The van der Waals surface area contributed by atoms with Crippen LogP contribution in [0.2, 0.25) is 0 Å². The topological polar surface area (TPSA) is 57.7 Å². The third-order valence-corrected chi connectivity index (χ3v) is 3.06. The molecule has 0 N–H and O–H groups in total. The van der Waals surface area contributed by atoms with Crippen LogP contribution in [0.4, 0.5) is 0 Å². The smallest absolute Gasteiger partial charge is 0.311 e. The minimum atomic E-state index is -0.275. The molecule has 0 aromatic carbocycles. The lowest BCUT2D eigenvalue weighted by molar-refractivity contribution is -0.148. The van der Waals surface area contributed by atoms with Crippen LogP contribution in [-0.2, 0) is 14.3 Å². The molecular weight excluding hydrogens is 234 g/mol. The summed E-state index contributed by atoms with van der Waals surface area (Å²) in [6.45, 7) is 3.06. The number of hydrogen-bond acceptors (Lipinski definition) is 5. The van der Waals surface area contributed by atoms with E-state index >= 15 is 0 Å². The zero-order chi connectivity index (χ0) is 13.0. The third-order valence-electron chi connectivity index (χ3n) is 3.06. The summed E-state index contributed by atoms with van der Waals surface area (Å²) in [4.78, 5) is 16.0. The number of carbonyl (C=O) groups excluding carboxylic acids is 1. The predicted octanol–water partition coefficient (Wildman–Crippen LogP) is 1.38. The van der Waals surface area contributed by atoms with Crippen LogP contribution in [0.3, 0.4) is 0 Å². The lowest BCUT2D eigenvalue weighted by Gasteiger charge is -2.17. The van der Waals surface area contributed by atoms with Crippen molar-refractivity contribution in [1.29, 1.82) is 0 Å². The maximum Gasteiger partial charge on any atom is 0.311 e. The molecule has 2 atom stereocenters. The van der Waals surface area contributed by atoms with Gasteiger partial charge >= 0.3 is 5.97 Å². The molecule has 1 fully saturated rings. The summed E-state index contributed by atoms with van der Waals surface area (Å²) >= 11 is 0. The molecule has 0 amide bonds. The first-order chi connectivity index (χ1) is 8.77. The van der Waals surface area contributed by atoms with Crippen LogP contribution >= 0.6 is 0 Å². The monoisotopic (exact) mass is 251 g/mol. The van der Waals surface area contributed by atoms with Gasteiger partial charge in [0.15, 0.2) is 0 Å². The van der Waals surface area contributed by atoms with Crippen molar-refractivity contribution in [3.8, 4) is 5.88 Å². The molecule has 5 heteroatoms. The fraction of sp³-hybridized carbons (Fsp3) is 0.538. The van der Waals surface area contributed by atoms with Gasteiger partial charge in [0.05, 0.1) is 32.8 Å². The first kappa shape index (κ1) is 12.8. The van der Waals surface area contributed by atoms with Crippen LogP contribution in [0.25, 0.3) is 0 Å². The number of pyridine rings is 1. The molecule has 0 spiro atoms. The molecule has 1 aliphatic rings. The van der Waals surface area contributed by atoms with Gasteiger partial charge < -0.3 is 14.2 Å². The molecule has 98 valence electrons. The van der Waals surface area contributed by atoms with Crippen LogP contribution in [0.1, 0.15) is 18.4 Å². The molecule has 0 unspecified atom stereocenters. The van der Waals surface area contributed by atoms with E-state index in [0.717, 1.165) is 5.56 Å². The number of esters is 1. The molecule has 0 aliphatic carbocycles. The van der Waals surface area contributed by atoms with Crippen molar-refractivity contribution in [3.63, 3.8) is 0 Å². The molecule has 1 aliphatic heterocycles. The highest BCUT2D eigenvalue weighted by Crippen LogP contribution is 2.35. The minimum Gasteiger partial charge on any atom is -0.481 e. The van der Waals surface area contributed by atoms with E-state index in [1.54, 1.807) is 20.2 Å². The molecule has 18 heavy (non-hydrogen) atoms. The van der Waals surface area contributed by atoms with Gasteiger partial charge in [-0.2, -0.15) is 0 Å². The summed E-state index contributed by atoms with van der Waals surface area (Å²) in [6.07, 6.45) is 1.66. The Kier molecular flexibility index (Phi) is 4.15. The largest absolute Gasteiger partial charge is 0.481 e. The maximum absolute atomic E-state index is 11.9. The molecule has 1 saturated heterocycles. The number of carbonyl (C=O) groups is 1. The molecule has 1 aromatic heterocycles. The van der Waals surface area contributed by atoms with E-state index in [1.807, 2.05) is 12.1 Å². The third kappa shape index (κ3) is 2.46. The Balaban J connectivity index is 2.23. The summed E-state index contributed by atoms with van der Waals surface area (Å²) in [5.74, 6) is 0.00366. The van der Waals surface area contributed by atoms with Crippen molar-refractivity contribution in [1.82, 2.24) is 4.98 Å². The number of nitrogens with zero attached hydrogens (tertiary/aromatic N) is 1. The van der Waals surface area contributed by atoms with Crippen molar-refractivity contribution < 1.29 is 19.0 Å². The van der Waals surface area contributed by atoms with E-state index in [-0.39, 0.29) is 17.8 Å². The first-order valence-electron chi connectivity index (χ1n) is 6.01. The Morgan fingerprint density at radius 2 is 2.39 bits per heavy atom. The summed E-state index contributed by atoms with van der Waals surface area (Å²) < 4.78 is 15.7. The molecule has 5 nitrogen and oxygen atoms in total. The maximum atomic E-state index is 11.9. The first-order valence-corrected chi connectivity index (χ1v) is 6.01. The lowest BCUT2D eigenvalue weighted by atomic mass is 9.89. The Hall–Kier alpha value is -1.62. The van der Waals surface area contributed by atoms with Gasteiger partial charge in [0.25, 0.3) is 0 Å². The number of rotatable bonds is 4. The van der Waals surface area contributed by atoms with Crippen molar-refractivity contribution in [2.45, 2.75) is 12.8 Å². The standard InChI is InChI=1S/C13H17NO4/c1-3-18-13(15)11-8-17-7-10(11)9-5-4-6-14-12(9)16-2/h4-6,10-11H,3,7-8H2,1-2H3/t10-,11+/m1/s1. The van der Waals surface area contributed by atoms with Gasteiger partial charge in [-0.05, 0) is 13.0 Å². The van der Waals surface area contributed by atoms with Crippen LogP contribution in [-0.4, -0.2) is 37.9 Å². The van der Waals surface area contributed by atoms with E-state index in [0.29, 0.717) is 25.7 Å². The second kappa shape index (κ2) is 5.82. The quantitative estimate of drug-likeness (QED) is 0.757. The van der Waals surface area contributed by atoms with Crippen LogP contribution < -0.4 is 4.74 Å². The van der Waals surface area contributed by atoms with E-state index in [4.69, 9.17) is 14.2 Å². The number of aromatic nitrogens is 1. The Labute approximate surface area is 106 Å².